The zero-order chi connectivity index (χ0) is 15.2. The highest BCUT2D eigenvalue weighted by atomic mass is 16.5. The summed E-state index contributed by atoms with van der Waals surface area (Å²) in [5.41, 5.74) is 0.336. The van der Waals surface area contributed by atoms with Crippen molar-refractivity contribution in [1.29, 1.82) is 0 Å². The van der Waals surface area contributed by atoms with E-state index in [1.54, 1.807) is 6.07 Å². The number of aromatic nitrogens is 1. The molecule has 2 aliphatic heterocycles. The molecule has 0 aromatic carbocycles. The zero-order valence-electron chi connectivity index (χ0n) is 12.6. The van der Waals surface area contributed by atoms with Crippen molar-refractivity contribution in [3.8, 4) is 0 Å². The average Bonchev–Trinajstić information content (AvgIpc) is 3.18. The van der Waals surface area contributed by atoms with Crippen LogP contribution in [-0.2, 0) is 4.79 Å². The first-order valence-corrected chi connectivity index (χ1v) is 8.22. The molecule has 1 aliphatic carbocycles. The van der Waals surface area contributed by atoms with E-state index in [0.717, 1.165) is 50.8 Å². The van der Waals surface area contributed by atoms with Crippen molar-refractivity contribution >= 4 is 11.8 Å². The van der Waals surface area contributed by atoms with Gasteiger partial charge >= 0.3 is 0 Å². The predicted octanol–water partition coefficient (Wildman–Crippen LogP) is 1.83. The Balaban J connectivity index is 1.43. The summed E-state index contributed by atoms with van der Waals surface area (Å²) in [5, 5.41) is 7.07. The van der Waals surface area contributed by atoms with Gasteiger partial charge < -0.3 is 14.7 Å². The minimum Gasteiger partial charge on any atom is -0.360 e. The number of hydrogen-bond acceptors (Lipinski definition) is 4. The van der Waals surface area contributed by atoms with E-state index in [9.17, 15) is 9.59 Å². The summed E-state index contributed by atoms with van der Waals surface area (Å²) < 4.78 is 5.28. The summed E-state index contributed by atoms with van der Waals surface area (Å²) in [6, 6.07) is 1.80. The zero-order valence-corrected chi connectivity index (χ0v) is 12.6. The molecule has 4 rings (SSSR count). The Hall–Kier alpha value is -1.85. The summed E-state index contributed by atoms with van der Waals surface area (Å²) in [6.45, 7) is 1.40. The van der Waals surface area contributed by atoms with Crippen molar-refractivity contribution in [1.82, 2.24) is 15.4 Å². The van der Waals surface area contributed by atoms with Gasteiger partial charge in [0, 0.05) is 37.0 Å². The largest absolute Gasteiger partial charge is 0.360 e. The lowest BCUT2D eigenvalue weighted by Crippen LogP contribution is -2.42. The van der Waals surface area contributed by atoms with E-state index in [-0.39, 0.29) is 17.4 Å². The summed E-state index contributed by atoms with van der Waals surface area (Å²) in [4.78, 5) is 26.0. The molecule has 0 radical (unpaired) electrons. The van der Waals surface area contributed by atoms with E-state index >= 15 is 0 Å². The maximum atomic E-state index is 12.6. The van der Waals surface area contributed by atoms with Crippen LogP contribution in [0.25, 0.3) is 0 Å². The van der Waals surface area contributed by atoms with Crippen LogP contribution in [0.3, 0.4) is 0 Å². The lowest BCUT2D eigenvalue weighted by molar-refractivity contribution is -0.119. The molecule has 6 nitrogen and oxygen atoms in total. The van der Waals surface area contributed by atoms with Crippen molar-refractivity contribution in [2.24, 2.45) is 0 Å². The van der Waals surface area contributed by atoms with Crippen molar-refractivity contribution in [3.63, 3.8) is 0 Å². The Kier molecular flexibility index (Phi) is 3.20. The van der Waals surface area contributed by atoms with E-state index in [1.165, 1.54) is 0 Å². The molecule has 6 heteroatoms. The van der Waals surface area contributed by atoms with Crippen LogP contribution >= 0.6 is 0 Å². The number of rotatable bonds is 2. The minimum absolute atomic E-state index is 0.0444. The van der Waals surface area contributed by atoms with E-state index in [0.29, 0.717) is 24.6 Å². The summed E-state index contributed by atoms with van der Waals surface area (Å²) >= 11 is 0. The fraction of sp³-hybridized carbons (Fsp3) is 0.688. The highest BCUT2D eigenvalue weighted by Gasteiger charge is 2.39. The number of hydrogen-bond donors (Lipinski definition) is 1. The summed E-state index contributed by atoms with van der Waals surface area (Å²) in [7, 11) is 0. The van der Waals surface area contributed by atoms with E-state index in [4.69, 9.17) is 4.52 Å². The normalized spacial score (nSPS) is 28.7. The van der Waals surface area contributed by atoms with E-state index in [1.807, 2.05) is 4.90 Å². The van der Waals surface area contributed by atoms with Crippen LogP contribution < -0.4 is 5.32 Å². The van der Waals surface area contributed by atoms with Crippen LogP contribution in [0.15, 0.2) is 10.6 Å². The fourth-order valence-corrected chi connectivity index (χ4v) is 3.66. The van der Waals surface area contributed by atoms with Crippen LogP contribution in [-0.4, -0.2) is 40.5 Å². The third-order valence-corrected chi connectivity index (χ3v) is 5.19. The Labute approximate surface area is 129 Å². The molecular weight excluding hydrogens is 282 g/mol. The highest BCUT2D eigenvalue weighted by molar-refractivity contribution is 5.92. The topological polar surface area (TPSA) is 75.4 Å². The number of nitrogens with one attached hydrogen (secondary N) is 1. The first-order chi connectivity index (χ1) is 10.7. The standard InChI is InChI=1S/C16H21N3O3/c20-14-4-6-16(17-14)5-1-8-19(9-7-16)15(21)12-10-13(22-18-12)11-2-3-11/h10-11H,1-9H2,(H,17,20). The second kappa shape index (κ2) is 5.11. The van der Waals surface area contributed by atoms with Gasteiger partial charge in [0.15, 0.2) is 5.69 Å². The molecule has 2 amide bonds. The number of amides is 2. The highest BCUT2D eigenvalue weighted by Crippen LogP contribution is 2.40. The summed E-state index contributed by atoms with van der Waals surface area (Å²) in [6.07, 6.45) is 6.47. The van der Waals surface area contributed by atoms with Gasteiger partial charge in [-0.1, -0.05) is 5.16 Å². The molecule has 22 heavy (non-hydrogen) atoms. The molecule has 0 bridgehead atoms. The van der Waals surface area contributed by atoms with Gasteiger partial charge in [-0.3, -0.25) is 9.59 Å². The molecule has 1 N–H and O–H groups in total. The Morgan fingerprint density at radius 2 is 2.18 bits per heavy atom. The van der Waals surface area contributed by atoms with Gasteiger partial charge in [-0.15, -0.1) is 0 Å². The SMILES string of the molecule is O=C1CCC2(CCCN(C(=O)c3cc(C4CC4)on3)CC2)N1. The van der Waals surface area contributed by atoms with Gasteiger partial charge in [0.05, 0.1) is 0 Å². The molecule has 1 saturated carbocycles. The molecule has 1 aromatic rings. The second-order valence-electron chi connectivity index (χ2n) is 6.86. The number of carbonyl (C=O) groups excluding carboxylic acids is 2. The van der Waals surface area contributed by atoms with Gasteiger partial charge in [0.25, 0.3) is 5.91 Å². The molecule has 3 fully saturated rings. The molecular formula is C16H21N3O3. The number of likely N-dealkylation sites (tertiary alicyclic amines) is 1. The molecule has 1 unspecified atom stereocenters. The first-order valence-electron chi connectivity index (χ1n) is 8.22. The Morgan fingerprint density at radius 3 is 2.91 bits per heavy atom. The van der Waals surface area contributed by atoms with Crippen LogP contribution in [0.4, 0.5) is 0 Å². The third-order valence-electron chi connectivity index (χ3n) is 5.19. The van der Waals surface area contributed by atoms with Gasteiger partial charge in [0.1, 0.15) is 5.76 Å². The van der Waals surface area contributed by atoms with Crippen molar-refractivity contribution in [3.05, 3.63) is 17.5 Å². The summed E-state index contributed by atoms with van der Waals surface area (Å²) in [5.74, 6) is 1.41. The molecule has 1 spiro atoms. The van der Waals surface area contributed by atoms with Gasteiger partial charge in [-0.05, 0) is 38.5 Å². The second-order valence-corrected chi connectivity index (χ2v) is 6.86. The van der Waals surface area contributed by atoms with Crippen molar-refractivity contribution in [2.45, 2.75) is 56.4 Å². The quantitative estimate of drug-likeness (QED) is 0.904. The smallest absolute Gasteiger partial charge is 0.276 e. The fourth-order valence-electron chi connectivity index (χ4n) is 3.66. The molecule has 3 aliphatic rings. The number of nitrogens with zero attached hydrogens (tertiary/aromatic N) is 2. The molecule has 2 saturated heterocycles. The maximum Gasteiger partial charge on any atom is 0.276 e. The molecule has 3 heterocycles. The van der Waals surface area contributed by atoms with Crippen molar-refractivity contribution in [2.75, 3.05) is 13.1 Å². The Bertz CT molecular complexity index is 608. The molecule has 118 valence electrons. The molecule has 1 atom stereocenters. The number of carbonyl (C=O) groups is 2. The maximum absolute atomic E-state index is 12.6. The minimum atomic E-state index is -0.0882. The Morgan fingerprint density at radius 1 is 1.32 bits per heavy atom. The molecule has 1 aromatic heterocycles. The lowest BCUT2D eigenvalue weighted by Gasteiger charge is -2.27. The first kappa shape index (κ1) is 13.8. The monoisotopic (exact) mass is 303 g/mol. The predicted molar refractivity (Wildman–Crippen MR) is 78.3 cm³/mol. The van der Waals surface area contributed by atoms with Gasteiger partial charge in [-0.25, -0.2) is 0 Å². The van der Waals surface area contributed by atoms with E-state index in [2.05, 4.69) is 10.5 Å². The van der Waals surface area contributed by atoms with Crippen molar-refractivity contribution < 1.29 is 14.1 Å². The van der Waals surface area contributed by atoms with Crippen LogP contribution in [0.2, 0.25) is 0 Å². The third kappa shape index (κ3) is 2.51. The average molecular weight is 303 g/mol. The van der Waals surface area contributed by atoms with Gasteiger partial charge in [-0.2, -0.15) is 0 Å². The van der Waals surface area contributed by atoms with Crippen LogP contribution in [0, 0.1) is 0 Å². The van der Waals surface area contributed by atoms with Crippen LogP contribution in [0.5, 0.6) is 0 Å². The van der Waals surface area contributed by atoms with Gasteiger partial charge in [0.2, 0.25) is 5.91 Å². The van der Waals surface area contributed by atoms with E-state index < -0.39 is 0 Å². The van der Waals surface area contributed by atoms with Crippen LogP contribution in [0.1, 0.15) is 67.1 Å². The lowest BCUT2D eigenvalue weighted by atomic mass is 9.89.